The van der Waals surface area contributed by atoms with E-state index >= 15 is 0 Å². The average molecular weight is 259 g/mol. The number of thiazole rings is 1. The number of likely N-dealkylation sites (N-methyl/N-ethyl adjacent to an activating group) is 1. The summed E-state index contributed by atoms with van der Waals surface area (Å²) in [6.45, 7) is 2.21. The van der Waals surface area contributed by atoms with Gasteiger partial charge in [-0.15, -0.1) is 11.3 Å². The van der Waals surface area contributed by atoms with Gasteiger partial charge in [-0.25, -0.2) is 4.98 Å². The molecule has 0 radical (unpaired) electrons. The molecule has 18 heavy (non-hydrogen) atoms. The van der Waals surface area contributed by atoms with Crippen LogP contribution < -0.4 is 5.32 Å². The van der Waals surface area contributed by atoms with Crippen molar-refractivity contribution in [1.29, 1.82) is 0 Å². The number of anilines is 1. The Balaban J connectivity index is 1.94. The van der Waals surface area contributed by atoms with E-state index in [-0.39, 0.29) is 0 Å². The van der Waals surface area contributed by atoms with Gasteiger partial charge in [0.2, 0.25) is 0 Å². The van der Waals surface area contributed by atoms with E-state index < -0.39 is 0 Å². The molecule has 0 spiro atoms. The molecule has 1 aliphatic heterocycles. The minimum absolute atomic E-state index is 0.974. The lowest BCUT2D eigenvalue weighted by atomic mass is 9.97. The summed E-state index contributed by atoms with van der Waals surface area (Å²) in [5.41, 5.74) is 5.24. The third-order valence-electron chi connectivity index (χ3n) is 3.42. The molecule has 1 aliphatic rings. The van der Waals surface area contributed by atoms with Crippen molar-refractivity contribution in [3.63, 3.8) is 0 Å². The molecular formula is C14H17N3S. The number of hydrogen-bond acceptors (Lipinski definition) is 4. The molecule has 3 nitrogen and oxygen atoms in total. The van der Waals surface area contributed by atoms with Crippen molar-refractivity contribution in [2.24, 2.45) is 0 Å². The van der Waals surface area contributed by atoms with Crippen LogP contribution in [0.25, 0.3) is 11.3 Å². The Hall–Kier alpha value is -1.39. The number of fused-ring (bicyclic) bond motifs is 1. The van der Waals surface area contributed by atoms with Crippen LogP contribution in [0.3, 0.4) is 0 Å². The summed E-state index contributed by atoms with van der Waals surface area (Å²) < 4.78 is 0. The second-order valence-electron chi connectivity index (χ2n) is 4.76. The number of aromatic nitrogens is 1. The van der Waals surface area contributed by atoms with Gasteiger partial charge in [-0.1, -0.05) is 12.1 Å². The topological polar surface area (TPSA) is 28.2 Å². The fraction of sp³-hybridized carbons (Fsp3) is 0.357. The Kier molecular flexibility index (Phi) is 3.06. The lowest BCUT2D eigenvalue weighted by molar-refractivity contribution is 0.313. The third-order valence-corrected chi connectivity index (χ3v) is 4.28. The van der Waals surface area contributed by atoms with Gasteiger partial charge < -0.3 is 10.2 Å². The maximum Gasteiger partial charge on any atom is 0.182 e. The van der Waals surface area contributed by atoms with Gasteiger partial charge in [-0.3, -0.25) is 0 Å². The Morgan fingerprint density at radius 3 is 3.00 bits per heavy atom. The standard InChI is InChI=1S/C14H17N3S/c1-15-14-16-13(9-18-14)11-3-4-12-8-17(2)6-5-10(12)7-11/h3-4,7,9H,5-6,8H2,1-2H3,(H,15,16). The molecule has 0 unspecified atom stereocenters. The van der Waals surface area contributed by atoms with Crippen LogP contribution in [-0.2, 0) is 13.0 Å². The van der Waals surface area contributed by atoms with Crippen molar-refractivity contribution >= 4 is 16.5 Å². The van der Waals surface area contributed by atoms with E-state index in [1.165, 1.54) is 16.7 Å². The molecule has 0 saturated heterocycles. The zero-order chi connectivity index (χ0) is 12.5. The van der Waals surface area contributed by atoms with Crippen molar-refractivity contribution in [2.75, 3.05) is 26.0 Å². The molecule has 1 aromatic carbocycles. The summed E-state index contributed by atoms with van der Waals surface area (Å²) >= 11 is 1.65. The van der Waals surface area contributed by atoms with Crippen molar-refractivity contribution in [3.8, 4) is 11.3 Å². The van der Waals surface area contributed by atoms with Gasteiger partial charge >= 0.3 is 0 Å². The Morgan fingerprint density at radius 2 is 2.22 bits per heavy atom. The Labute approximate surface area is 111 Å². The Bertz CT molecular complexity index is 562. The largest absolute Gasteiger partial charge is 0.365 e. The highest BCUT2D eigenvalue weighted by Gasteiger charge is 2.14. The summed E-state index contributed by atoms with van der Waals surface area (Å²) in [4.78, 5) is 6.92. The predicted molar refractivity (Wildman–Crippen MR) is 77.1 cm³/mol. The van der Waals surface area contributed by atoms with Crippen LogP contribution in [-0.4, -0.2) is 30.5 Å². The highest BCUT2D eigenvalue weighted by Crippen LogP contribution is 2.28. The van der Waals surface area contributed by atoms with Gasteiger partial charge in [0, 0.05) is 31.1 Å². The normalized spacial score (nSPS) is 15.4. The zero-order valence-corrected chi connectivity index (χ0v) is 11.5. The average Bonchev–Trinajstić information content (AvgIpc) is 2.87. The van der Waals surface area contributed by atoms with Crippen molar-refractivity contribution in [2.45, 2.75) is 13.0 Å². The molecule has 4 heteroatoms. The SMILES string of the molecule is CNc1nc(-c2ccc3c(c2)CCN(C)C3)cs1. The number of nitrogens with one attached hydrogen (secondary N) is 1. The number of benzene rings is 1. The van der Waals surface area contributed by atoms with Gasteiger partial charge in [0.1, 0.15) is 0 Å². The van der Waals surface area contributed by atoms with Crippen molar-refractivity contribution in [1.82, 2.24) is 9.88 Å². The molecular weight excluding hydrogens is 242 g/mol. The summed E-state index contributed by atoms with van der Waals surface area (Å²) in [6, 6.07) is 6.74. The van der Waals surface area contributed by atoms with Crippen LogP contribution in [0.5, 0.6) is 0 Å². The lowest BCUT2D eigenvalue weighted by Gasteiger charge is -2.25. The summed E-state index contributed by atoms with van der Waals surface area (Å²) in [5.74, 6) is 0. The smallest absolute Gasteiger partial charge is 0.182 e. The van der Waals surface area contributed by atoms with E-state index in [0.717, 1.165) is 30.3 Å². The molecule has 2 aromatic rings. The summed E-state index contributed by atoms with van der Waals surface area (Å²) in [7, 11) is 4.09. The molecule has 3 rings (SSSR count). The van der Waals surface area contributed by atoms with Crippen molar-refractivity contribution in [3.05, 3.63) is 34.7 Å². The molecule has 0 bridgehead atoms. The first-order chi connectivity index (χ1) is 8.76. The van der Waals surface area contributed by atoms with Gasteiger partial charge in [-0.05, 0) is 30.7 Å². The molecule has 1 aromatic heterocycles. The van der Waals surface area contributed by atoms with Crippen LogP contribution in [0.4, 0.5) is 5.13 Å². The maximum absolute atomic E-state index is 4.56. The Morgan fingerprint density at radius 1 is 1.33 bits per heavy atom. The quantitative estimate of drug-likeness (QED) is 0.899. The predicted octanol–water partition coefficient (Wildman–Crippen LogP) is 2.84. The molecule has 2 heterocycles. The fourth-order valence-corrected chi connectivity index (χ4v) is 3.06. The van der Waals surface area contributed by atoms with Gasteiger partial charge in [-0.2, -0.15) is 0 Å². The van der Waals surface area contributed by atoms with E-state index in [1.54, 1.807) is 11.3 Å². The first-order valence-electron chi connectivity index (χ1n) is 6.20. The van der Waals surface area contributed by atoms with Crippen LogP contribution in [0, 0.1) is 0 Å². The van der Waals surface area contributed by atoms with E-state index in [0.29, 0.717) is 0 Å². The van der Waals surface area contributed by atoms with E-state index in [2.05, 4.69) is 45.8 Å². The maximum atomic E-state index is 4.56. The highest BCUT2D eigenvalue weighted by atomic mass is 32.1. The lowest BCUT2D eigenvalue weighted by Crippen LogP contribution is -2.26. The second-order valence-corrected chi connectivity index (χ2v) is 5.62. The van der Waals surface area contributed by atoms with Crippen LogP contribution >= 0.6 is 11.3 Å². The zero-order valence-electron chi connectivity index (χ0n) is 10.7. The molecule has 94 valence electrons. The molecule has 0 atom stereocenters. The van der Waals surface area contributed by atoms with Crippen LogP contribution in [0.1, 0.15) is 11.1 Å². The van der Waals surface area contributed by atoms with Crippen molar-refractivity contribution < 1.29 is 0 Å². The van der Waals surface area contributed by atoms with E-state index in [1.807, 2.05) is 7.05 Å². The van der Waals surface area contributed by atoms with Gasteiger partial charge in [0.25, 0.3) is 0 Å². The van der Waals surface area contributed by atoms with E-state index in [4.69, 9.17) is 0 Å². The summed E-state index contributed by atoms with van der Waals surface area (Å²) in [5, 5.41) is 6.17. The molecule has 0 aliphatic carbocycles. The fourth-order valence-electron chi connectivity index (χ4n) is 2.37. The monoisotopic (exact) mass is 259 g/mol. The van der Waals surface area contributed by atoms with Gasteiger partial charge in [0.05, 0.1) is 5.69 Å². The number of hydrogen-bond donors (Lipinski definition) is 1. The first-order valence-corrected chi connectivity index (χ1v) is 7.08. The molecule has 0 amide bonds. The first kappa shape index (κ1) is 11.7. The van der Waals surface area contributed by atoms with E-state index in [9.17, 15) is 0 Å². The van der Waals surface area contributed by atoms with Crippen LogP contribution in [0.15, 0.2) is 23.6 Å². The number of nitrogens with zero attached hydrogens (tertiary/aromatic N) is 2. The second kappa shape index (κ2) is 4.71. The number of rotatable bonds is 2. The molecule has 1 N–H and O–H groups in total. The molecule has 0 fully saturated rings. The highest BCUT2D eigenvalue weighted by molar-refractivity contribution is 7.14. The van der Waals surface area contributed by atoms with Crippen LogP contribution in [0.2, 0.25) is 0 Å². The summed E-state index contributed by atoms with van der Waals surface area (Å²) in [6.07, 6.45) is 1.14. The third kappa shape index (κ3) is 2.13. The minimum Gasteiger partial charge on any atom is -0.365 e. The minimum atomic E-state index is 0.974. The molecule has 0 saturated carbocycles. The van der Waals surface area contributed by atoms with Gasteiger partial charge in [0.15, 0.2) is 5.13 Å².